The molecule has 0 aliphatic heterocycles. The summed E-state index contributed by atoms with van der Waals surface area (Å²) in [6.07, 6.45) is 0. The fraction of sp³-hybridized carbons (Fsp3) is 0.150. The highest BCUT2D eigenvalue weighted by Gasteiger charge is 2.13. The zero-order valence-electron chi connectivity index (χ0n) is 15.0. The number of rotatable bonds is 5. The second-order valence-electron chi connectivity index (χ2n) is 5.79. The minimum absolute atomic E-state index is 0.233. The summed E-state index contributed by atoms with van der Waals surface area (Å²) < 4.78 is 10.4. The summed E-state index contributed by atoms with van der Waals surface area (Å²) >= 11 is 0. The third-order valence-corrected chi connectivity index (χ3v) is 3.83. The van der Waals surface area contributed by atoms with Crippen LogP contribution >= 0.6 is 0 Å². The summed E-state index contributed by atoms with van der Waals surface area (Å²) in [5.41, 5.74) is 6.63. The highest BCUT2D eigenvalue weighted by atomic mass is 16.5. The molecule has 0 spiro atoms. The Labute approximate surface area is 156 Å². The van der Waals surface area contributed by atoms with Crippen molar-refractivity contribution in [3.63, 3.8) is 0 Å². The first kappa shape index (κ1) is 18.2. The Bertz CT molecular complexity index is 971. The molecule has 0 bridgehead atoms. The Morgan fingerprint density at radius 1 is 1.00 bits per heavy atom. The van der Waals surface area contributed by atoms with Crippen LogP contribution in [-0.4, -0.2) is 30.5 Å². The Balaban J connectivity index is 1.58. The van der Waals surface area contributed by atoms with Gasteiger partial charge in [0.05, 0.1) is 18.2 Å². The first-order valence-electron chi connectivity index (χ1n) is 8.29. The molecule has 3 rings (SSSR count). The van der Waals surface area contributed by atoms with Crippen molar-refractivity contribution >= 4 is 22.7 Å². The summed E-state index contributed by atoms with van der Waals surface area (Å²) in [5, 5.41) is 0.712. The van der Waals surface area contributed by atoms with Crippen LogP contribution in [0.2, 0.25) is 0 Å². The normalized spacial score (nSPS) is 10.3. The average molecular weight is 365 g/mol. The zero-order chi connectivity index (χ0) is 19.2. The van der Waals surface area contributed by atoms with E-state index in [0.29, 0.717) is 28.1 Å². The number of carbonyl (C=O) groups is 2. The lowest BCUT2D eigenvalue weighted by atomic mass is 10.1. The van der Waals surface area contributed by atoms with E-state index in [-0.39, 0.29) is 6.61 Å². The molecule has 1 aromatic heterocycles. The Kier molecular flexibility index (Phi) is 5.51. The maximum absolute atomic E-state index is 12.5. The van der Waals surface area contributed by atoms with Crippen molar-refractivity contribution in [3.8, 4) is 11.5 Å². The number of nitrogens with one attached hydrogen (secondary N) is 2. The number of methoxy groups -OCH3 is 1. The van der Waals surface area contributed by atoms with Crippen molar-refractivity contribution in [1.82, 2.24) is 15.8 Å². The predicted molar refractivity (Wildman–Crippen MR) is 101 cm³/mol. The van der Waals surface area contributed by atoms with E-state index in [1.54, 1.807) is 37.4 Å². The Morgan fingerprint density at radius 2 is 1.70 bits per heavy atom. The molecule has 0 fully saturated rings. The van der Waals surface area contributed by atoms with Gasteiger partial charge in [0.2, 0.25) is 0 Å². The molecule has 7 heteroatoms. The topological polar surface area (TPSA) is 89.5 Å². The number of ether oxygens (including phenoxy) is 2. The second-order valence-corrected chi connectivity index (χ2v) is 5.79. The first-order valence-corrected chi connectivity index (χ1v) is 8.29. The molecular weight excluding hydrogens is 346 g/mol. The van der Waals surface area contributed by atoms with E-state index in [9.17, 15) is 9.59 Å². The van der Waals surface area contributed by atoms with E-state index in [0.717, 1.165) is 5.52 Å². The van der Waals surface area contributed by atoms with Crippen LogP contribution in [0.25, 0.3) is 10.9 Å². The van der Waals surface area contributed by atoms with Crippen LogP contribution in [-0.2, 0) is 4.79 Å². The van der Waals surface area contributed by atoms with Crippen molar-refractivity contribution in [1.29, 1.82) is 0 Å². The first-order chi connectivity index (χ1) is 13.1. The van der Waals surface area contributed by atoms with E-state index < -0.39 is 11.8 Å². The molecule has 138 valence electrons. The molecule has 0 aliphatic carbocycles. The van der Waals surface area contributed by atoms with Crippen molar-refractivity contribution in [2.24, 2.45) is 0 Å². The lowest BCUT2D eigenvalue weighted by Crippen LogP contribution is -2.43. The Morgan fingerprint density at radius 3 is 2.44 bits per heavy atom. The molecule has 2 amide bonds. The molecule has 2 aromatic carbocycles. The van der Waals surface area contributed by atoms with Crippen molar-refractivity contribution in [2.75, 3.05) is 13.7 Å². The van der Waals surface area contributed by atoms with Gasteiger partial charge in [-0.3, -0.25) is 25.4 Å². The number of para-hydroxylation sites is 1. The quantitative estimate of drug-likeness (QED) is 0.678. The molecule has 2 N–H and O–H groups in total. The molecule has 0 unspecified atom stereocenters. The number of amides is 2. The van der Waals surface area contributed by atoms with E-state index >= 15 is 0 Å². The minimum atomic E-state index is -0.478. The average Bonchev–Trinajstić information content (AvgIpc) is 2.70. The predicted octanol–water partition coefficient (Wildman–Crippen LogP) is 2.39. The highest BCUT2D eigenvalue weighted by molar-refractivity contribution is 6.06. The Hall–Kier alpha value is -3.61. The largest absolute Gasteiger partial charge is 0.497 e. The number of fused-ring (bicyclic) bond motifs is 1. The van der Waals surface area contributed by atoms with Gasteiger partial charge in [-0.05, 0) is 43.3 Å². The molecular formula is C20H19N3O4. The van der Waals surface area contributed by atoms with Crippen LogP contribution in [0.15, 0.2) is 54.6 Å². The van der Waals surface area contributed by atoms with E-state index in [1.165, 1.54) is 0 Å². The third-order valence-electron chi connectivity index (χ3n) is 3.83. The molecule has 1 heterocycles. The SMILES string of the molecule is COc1ccc(OCC(=O)NNC(=O)c2cc(C)nc3ccccc23)cc1. The number of hydrogen-bond donors (Lipinski definition) is 2. The lowest BCUT2D eigenvalue weighted by Gasteiger charge is -2.11. The molecule has 3 aromatic rings. The number of hydrogen-bond acceptors (Lipinski definition) is 5. The maximum atomic E-state index is 12.5. The molecule has 0 saturated heterocycles. The van der Waals surface area contributed by atoms with Crippen LogP contribution in [0.3, 0.4) is 0 Å². The van der Waals surface area contributed by atoms with Gasteiger partial charge >= 0.3 is 0 Å². The molecule has 0 aliphatic rings. The van der Waals surface area contributed by atoms with Gasteiger partial charge in [-0.2, -0.15) is 0 Å². The number of hydrazine groups is 1. The van der Waals surface area contributed by atoms with E-state index in [1.807, 2.05) is 31.2 Å². The number of benzene rings is 2. The summed E-state index contributed by atoms with van der Waals surface area (Å²) in [6, 6.07) is 15.8. The van der Waals surface area contributed by atoms with Crippen molar-refractivity contribution in [3.05, 3.63) is 65.9 Å². The zero-order valence-corrected chi connectivity index (χ0v) is 15.0. The third kappa shape index (κ3) is 4.52. The van der Waals surface area contributed by atoms with Crippen LogP contribution in [0, 0.1) is 6.92 Å². The number of aryl methyl sites for hydroxylation is 1. The summed E-state index contributed by atoms with van der Waals surface area (Å²) in [4.78, 5) is 28.8. The van der Waals surface area contributed by atoms with Gasteiger partial charge in [0, 0.05) is 11.1 Å². The van der Waals surface area contributed by atoms with Gasteiger partial charge in [0.1, 0.15) is 11.5 Å². The molecule has 27 heavy (non-hydrogen) atoms. The van der Waals surface area contributed by atoms with Crippen molar-refractivity contribution in [2.45, 2.75) is 6.92 Å². The fourth-order valence-corrected chi connectivity index (χ4v) is 2.55. The minimum Gasteiger partial charge on any atom is -0.497 e. The van der Waals surface area contributed by atoms with Crippen LogP contribution < -0.4 is 20.3 Å². The molecule has 0 atom stereocenters. The summed E-state index contributed by atoms with van der Waals surface area (Å²) in [6.45, 7) is 1.58. The van der Waals surface area contributed by atoms with E-state index in [4.69, 9.17) is 9.47 Å². The summed E-state index contributed by atoms with van der Waals surface area (Å²) in [7, 11) is 1.57. The van der Waals surface area contributed by atoms with Gasteiger partial charge in [0.15, 0.2) is 6.61 Å². The number of aromatic nitrogens is 1. The van der Waals surface area contributed by atoms with Crippen LogP contribution in [0.1, 0.15) is 16.1 Å². The highest BCUT2D eigenvalue weighted by Crippen LogP contribution is 2.18. The number of carbonyl (C=O) groups excluding carboxylic acids is 2. The van der Waals surface area contributed by atoms with Gasteiger partial charge < -0.3 is 9.47 Å². The van der Waals surface area contributed by atoms with Crippen molar-refractivity contribution < 1.29 is 19.1 Å². The van der Waals surface area contributed by atoms with Crippen LogP contribution in [0.4, 0.5) is 0 Å². The van der Waals surface area contributed by atoms with Gasteiger partial charge in [-0.15, -0.1) is 0 Å². The number of nitrogens with zero attached hydrogens (tertiary/aromatic N) is 1. The molecule has 0 radical (unpaired) electrons. The van der Waals surface area contributed by atoms with Gasteiger partial charge in [-0.1, -0.05) is 18.2 Å². The maximum Gasteiger partial charge on any atom is 0.276 e. The molecule has 7 nitrogen and oxygen atoms in total. The van der Waals surface area contributed by atoms with Gasteiger partial charge in [0.25, 0.3) is 11.8 Å². The van der Waals surface area contributed by atoms with E-state index in [2.05, 4.69) is 15.8 Å². The van der Waals surface area contributed by atoms with Gasteiger partial charge in [-0.25, -0.2) is 0 Å². The van der Waals surface area contributed by atoms with Crippen LogP contribution in [0.5, 0.6) is 11.5 Å². The summed E-state index contributed by atoms with van der Waals surface area (Å²) in [5.74, 6) is 0.315. The smallest absolute Gasteiger partial charge is 0.276 e. The lowest BCUT2D eigenvalue weighted by molar-refractivity contribution is -0.123. The second kappa shape index (κ2) is 8.18. The fourth-order valence-electron chi connectivity index (χ4n) is 2.55. The standard InChI is InChI=1S/C20H19N3O4/c1-13-11-17(16-5-3-4-6-18(16)21-13)20(25)23-22-19(24)12-27-15-9-7-14(26-2)8-10-15/h3-11H,12H2,1-2H3,(H,22,24)(H,23,25). The number of pyridine rings is 1. The molecule has 0 saturated carbocycles. The monoisotopic (exact) mass is 365 g/mol.